The van der Waals surface area contributed by atoms with E-state index in [0.717, 1.165) is 43.1 Å². The van der Waals surface area contributed by atoms with Crippen molar-refractivity contribution in [1.29, 1.82) is 0 Å². The number of carbonyl (C=O) groups is 1. The lowest BCUT2D eigenvalue weighted by atomic mass is 10.1. The van der Waals surface area contributed by atoms with Crippen LogP contribution in [0.25, 0.3) is 0 Å². The van der Waals surface area contributed by atoms with Gasteiger partial charge in [0.2, 0.25) is 0 Å². The van der Waals surface area contributed by atoms with Crippen LogP contribution in [0.4, 0.5) is 10.7 Å². The minimum Gasteiger partial charge on any atom is -0.459 e. The molecular weight excluding hydrogens is 410 g/mol. The summed E-state index contributed by atoms with van der Waals surface area (Å²) in [6.45, 7) is 2.76. The van der Waals surface area contributed by atoms with Gasteiger partial charge in [0, 0.05) is 38.4 Å². The van der Waals surface area contributed by atoms with E-state index in [-0.39, 0.29) is 5.91 Å². The fourth-order valence-electron chi connectivity index (χ4n) is 3.57. The van der Waals surface area contributed by atoms with E-state index in [4.69, 9.17) is 4.42 Å². The third-order valence-corrected chi connectivity index (χ3v) is 6.22. The van der Waals surface area contributed by atoms with E-state index < -0.39 is 0 Å². The van der Waals surface area contributed by atoms with Crippen LogP contribution in [-0.2, 0) is 6.54 Å². The molecule has 8 heteroatoms. The van der Waals surface area contributed by atoms with Gasteiger partial charge in [-0.2, -0.15) is 0 Å². The van der Waals surface area contributed by atoms with Crippen molar-refractivity contribution in [3.05, 3.63) is 71.5 Å². The van der Waals surface area contributed by atoms with Crippen LogP contribution in [0, 0.1) is 0 Å². The summed E-state index contributed by atoms with van der Waals surface area (Å²) in [5, 5.41) is 13.2. The van der Waals surface area contributed by atoms with E-state index in [9.17, 15) is 4.79 Å². The number of anilines is 2. The standard InChI is InChI=1S/C23H27N5O2S/c1-24-23(27-19-10-12-28(13-11-19)21-5-3-15-31-21)25-16-17-6-8-18(9-7-17)26-22(29)20-4-2-14-30-20/h2-9,14-15,19H,10-13,16H2,1H3,(H,26,29)(H2,24,25,27). The molecule has 3 heterocycles. The Labute approximate surface area is 186 Å². The fourth-order valence-corrected chi connectivity index (χ4v) is 4.36. The Balaban J connectivity index is 1.22. The summed E-state index contributed by atoms with van der Waals surface area (Å²) in [5.74, 6) is 0.845. The quantitative estimate of drug-likeness (QED) is 0.402. The van der Waals surface area contributed by atoms with Gasteiger partial charge < -0.3 is 25.3 Å². The summed E-state index contributed by atoms with van der Waals surface area (Å²) in [6.07, 6.45) is 3.66. The molecule has 0 spiro atoms. The summed E-state index contributed by atoms with van der Waals surface area (Å²) in [7, 11) is 1.80. The molecule has 1 amide bonds. The summed E-state index contributed by atoms with van der Waals surface area (Å²) in [6, 6.07) is 15.8. The zero-order valence-corrected chi connectivity index (χ0v) is 18.3. The summed E-state index contributed by atoms with van der Waals surface area (Å²) < 4.78 is 5.11. The van der Waals surface area contributed by atoms with Crippen LogP contribution in [-0.4, -0.2) is 38.0 Å². The van der Waals surface area contributed by atoms with Gasteiger partial charge in [-0.1, -0.05) is 12.1 Å². The van der Waals surface area contributed by atoms with Gasteiger partial charge in [0.1, 0.15) is 0 Å². The van der Waals surface area contributed by atoms with Crippen molar-refractivity contribution >= 4 is 33.9 Å². The number of nitrogens with one attached hydrogen (secondary N) is 3. The van der Waals surface area contributed by atoms with Crippen molar-refractivity contribution in [2.75, 3.05) is 30.4 Å². The van der Waals surface area contributed by atoms with Gasteiger partial charge in [0.05, 0.1) is 11.3 Å². The first kappa shape index (κ1) is 21.0. The molecule has 1 aromatic carbocycles. The SMILES string of the molecule is CN=C(NCc1ccc(NC(=O)c2ccco2)cc1)NC1CCN(c2cccs2)CC1. The molecular formula is C23H27N5O2S. The number of guanidine groups is 1. The number of rotatable bonds is 6. The number of piperidine rings is 1. The zero-order valence-electron chi connectivity index (χ0n) is 17.5. The van der Waals surface area contributed by atoms with E-state index >= 15 is 0 Å². The lowest BCUT2D eigenvalue weighted by molar-refractivity contribution is 0.0996. The zero-order chi connectivity index (χ0) is 21.5. The lowest BCUT2D eigenvalue weighted by Gasteiger charge is -2.33. The number of carbonyl (C=O) groups excluding carboxylic acids is 1. The molecule has 3 N–H and O–H groups in total. The second-order valence-electron chi connectivity index (χ2n) is 7.41. The summed E-state index contributed by atoms with van der Waals surface area (Å²) >= 11 is 1.80. The van der Waals surface area contributed by atoms with E-state index in [1.54, 1.807) is 30.5 Å². The van der Waals surface area contributed by atoms with E-state index in [0.29, 0.717) is 18.3 Å². The maximum absolute atomic E-state index is 12.0. The molecule has 2 aromatic heterocycles. The molecule has 7 nitrogen and oxygen atoms in total. The number of hydrogen-bond acceptors (Lipinski definition) is 5. The molecule has 0 atom stereocenters. The van der Waals surface area contributed by atoms with Crippen molar-refractivity contribution in [2.45, 2.75) is 25.4 Å². The molecule has 0 aliphatic carbocycles. The van der Waals surface area contributed by atoms with Gasteiger partial charge in [-0.05, 0) is 60.2 Å². The van der Waals surface area contributed by atoms with Gasteiger partial charge in [0.15, 0.2) is 11.7 Å². The topological polar surface area (TPSA) is 81.9 Å². The predicted molar refractivity (Wildman–Crippen MR) is 126 cm³/mol. The van der Waals surface area contributed by atoms with Crippen LogP contribution in [0.15, 0.2) is 69.6 Å². The predicted octanol–water partition coefficient (Wildman–Crippen LogP) is 3.93. The van der Waals surface area contributed by atoms with E-state index in [1.165, 1.54) is 11.3 Å². The molecule has 162 valence electrons. The average molecular weight is 438 g/mol. The Hall–Kier alpha value is -3.26. The normalized spacial score (nSPS) is 15.0. The monoisotopic (exact) mass is 437 g/mol. The van der Waals surface area contributed by atoms with Gasteiger partial charge in [-0.25, -0.2) is 0 Å². The molecule has 0 saturated carbocycles. The van der Waals surface area contributed by atoms with Crippen molar-refractivity contribution < 1.29 is 9.21 Å². The van der Waals surface area contributed by atoms with Crippen LogP contribution < -0.4 is 20.9 Å². The molecule has 4 rings (SSSR count). The Morgan fingerprint density at radius 3 is 2.61 bits per heavy atom. The summed E-state index contributed by atoms with van der Waals surface area (Å²) in [5.41, 5.74) is 1.83. The van der Waals surface area contributed by atoms with Crippen LogP contribution in [0.1, 0.15) is 29.0 Å². The highest BCUT2D eigenvalue weighted by Gasteiger charge is 2.20. The Kier molecular flexibility index (Phi) is 6.89. The molecule has 1 aliphatic rings. The highest BCUT2D eigenvalue weighted by Crippen LogP contribution is 2.24. The number of benzene rings is 1. The molecule has 3 aromatic rings. The minimum atomic E-state index is -0.259. The second kappa shape index (κ2) is 10.2. The molecule has 0 unspecified atom stereocenters. The number of thiophene rings is 1. The summed E-state index contributed by atoms with van der Waals surface area (Å²) in [4.78, 5) is 18.9. The molecule has 31 heavy (non-hydrogen) atoms. The largest absolute Gasteiger partial charge is 0.459 e. The molecule has 0 bridgehead atoms. The van der Waals surface area contributed by atoms with Crippen LogP contribution in [0.5, 0.6) is 0 Å². The number of amides is 1. The van der Waals surface area contributed by atoms with Gasteiger partial charge in [-0.15, -0.1) is 11.3 Å². The van der Waals surface area contributed by atoms with Gasteiger partial charge in [-0.3, -0.25) is 9.79 Å². The van der Waals surface area contributed by atoms with Crippen LogP contribution in [0.2, 0.25) is 0 Å². The third-order valence-electron chi connectivity index (χ3n) is 5.29. The van der Waals surface area contributed by atoms with Crippen molar-refractivity contribution in [3.8, 4) is 0 Å². The fraction of sp³-hybridized carbons (Fsp3) is 0.304. The maximum atomic E-state index is 12.0. The van der Waals surface area contributed by atoms with E-state index in [2.05, 4.69) is 43.4 Å². The molecule has 0 radical (unpaired) electrons. The van der Waals surface area contributed by atoms with E-state index in [1.807, 2.05) is 24.3 Å². The number of nitrogens with zero attached hydrogens (tertiary/aromatic N) is 2. The Morgan fingerprint density at radius 2 is 1.97 bits per heavy atom. The molecule has 1 aliphatic heterocycles. The van der Waals surface area contributed by atoms with Crippen molar-refractivity contribution in [1.82, 2.24) is 10.6 Å². The highest BCUT2D eigenvalue weighted by atomic mass is 32.1. The van der Waals surface area contributed by atoms with Crippen molar-refractivity contribution in [2.24, 2.45) is 4.99 Å². The number of hydrogen-bond donors (Lipinski definition) is 3. The van der Waals surface area contributed by atoms with Crippen molar-refractivity contribution in [3.63, 3.8) is 0 Å². The Morgan fingerprint density at radius 1 is 1.16 bits per heavy atom. The van der Waals surface area contributed by atoms with Gasteiger partial charge in [0.25, 0.3) is 5.91 Å². The van der Waals surface area contributed by atoms with Crippen LogP contribution in [0.3, 0.4) is 0 Å². The average Bonchev–Trinajstić information content (AvgIpc) is 3.53. The first-order valence-corrected chi connectivity index (χ1v) is 11.3. The minimum absolute atomic E-state index is 0.259. The van der Waals surface area contributed by atoms with Gasteiger partial charge >= 0.3 is 0 Å². The molecule has 1 saturated heterocycles. The lowest BCUT2D eigenvalue weighted by Crippen LogP contribution is -2.48. The third kappa shape index (κ3) is 5.67. The smallest absolute Gasteiger partial charge is 0.291 e. The van der Waals surface area contributed by atoms with Crippen LogP contribution >= 0.6 is 11.3 Å². The second-order valence-corrected chi connectivity index (χ2v) is 8.34. The molecule has 1 fully saturated rings. The first-order valence-electron chi connectivity index (χ1n) is 10.4. The highest BCUT2D eigenvalue weighted by molar-refractivity contribution is 7.14. The Bertz CT molecular complexity index is 976. The number of furan rings is 1. The maximum Gasteiger partial charge on any atom is 0.291 e. The number of aliphatic imine (C=N–C) groups is 1. The first-order chi connectivity index (χ1) is 15.2.